The largest absolute Gasteiger partial charge is 0.429 e. The van der Waals surface area contributed by atoms with Crippen molar-refractivity contribution in [2.24, 2.45) is 0 Å². The van der Waals surface area contributed by atoms with Gasteiger partial charge < -0.3 is 4.74 Å². The third-order valence-corrected chi connectivity index (χ3v) is 7.59. The Morgan fingerprint density at radius 3 is 1.69 bits per heavy atom. The molecule has 0 amide bonds. The van der Waals surface area contributed by atoms with E-state index in [9.17, 15) is 26.3 Å². The maximum Gasteiger partial charge on any atom is 0.426 e. The highest BCUT2D eigenvalue weighted by atomic mass is 19.3. The summed E-state index contributed by atoms with van der Waals surface area (Å²) in [5.41, 5.74) is 1.30. The van der Waals surface area contributed by atoms with Crippen molar-refractivity contribution in [3.63, 3.8) is 0 Å². The first-order valence-corrected chi connectivity index (χ1v) is 14.5. The van der Waals surface area contributed by atoms with Gasteiger partial charge >= 0.3 is 6.11 Å². The lowest BCUT2D eigenvalue weighted by Gasteiger charge is -2.19. The first-order chi connectivity index (χ1) is 21.6. The van der Waals surface area contributed by atoms with Crippen LogP contribution in [-0.4, -0.2) is 0 Å². The van der Waals surface area contributed by atoms with Gasteiger partial charge in [0, 0.05) is 11.1 Å². The van der Waals surface area contributed by atoms with Crippen LogP contribution in [0.2, 0.25) is 0 Å². The second kappa shape index (κ2) is 13.6. The average Bonchev–Trinajstić information content (AvgIpc) is 3.01. The van der Waals surface area contributed by atoms with Gasteiger partial charge in [0.05, 0.1) is 11.1 Å². The molecule has 45 heavy (non-hydrogen) atoms. The third-order valence-electron chi connectivity index (χ3n) is 7.59. The quantitative estimate of drug-likeness (QED) is 0.105. The highest BCUT2D eigenvalue weighted by molar-refractivity contribution is 5.74. The molecule has 0 spiro atoms. The molecular formula is C37H29F7O. The molecule has 0 fully saturated rings. The minimum atomic E-state index is -3.55. The van der Waals surface area contributed by atoms with E-state index in [0.29, 0.717) is 11.1 Å². The molecule has 0 saturated heterocycles. The molecule has 5 aromatic rings. The first kappa shape index (κ1) is 31.8. The molecule has 0 aliphatic heterocycles. The molecule has 0 atom stereocenters. The molecule has 0 aromatic heterocycles. The summed E-state index contributed by atoms with van der Waals surface area (Å²) >= 11 is 0. The highest BCUT2D eigenvalue weighted by Crippen LogP contribution is 2.35. The van der Waals surface area contributed by atoms with Crippen LogP contribution >= 0.6 is 0 Å². The second-order valence-corrected chi connectivity index (χ2v) is 10.7. The fourth-order valence-electron chi connectivity index (χ4n) is 5.08. The van der Waals surface area contributed by atoms with Gasteiger partial charge in [0.2, 0.25) is 0 Å². The molecule has 232 valence electrons. The van der Waals surface area contributed by atoms with Gasteiger partial charge in [-0.15, -0.1) is 0 Å². The first-order valence-electron chi connectivity index (χ1n) is 14.5. The van der Waals surface area contributed by atoms with Crippen LogP contribution in [0.4, 0.5) is 30.7 Å². The number of ether oxygens (including phenoxy) is 1. The summed E-state index contributed by atoms with van der Waals surface area (Å²) in [6, 6.07) is 23.0. The van der Waals surface area contributed by atoms with Crippen LogP contribution in [0.15, 0.2) is 103 Å². The Kier molecular flexibility index (Phi) is 9.61. The predicted molar refractivity (Wildman–Crippen MR) is 162 cm³/mol. The van der Waals surface area contributed by atoms with E-state index in [4.69, 9.17) is 4.74 Å². The standard InChI is InChI=1S/C37H29F7O/c1-2-3-4-5-23-6-13-28(14-7-23)37(43,44)45-29-15-8-24(9-16-29)25-10-17-30(33(38)20-25)26-11-18-31(34(39)21-26)27-12-19-32(36(41)42)35(40)22-27/h6-22,36H,2-5H2,1H3. The topological polar surface area (TPSA) is 9.23 Å². The Balaban J connectivity index is 1.28. The van der Waals surface area contributed by atoms with Crippen molar-refractivity contribution >= 4 is 0 Å². The fraction of sp³-hybridized carbons (Fsp3) is 0.189. The van der Waals surface area contributed by atoms with Crippen molar-refractivity contribution in [2.45, 2.75) is 45.1 Å². The van der Waals surface area contributed by atoms with E-state index in [-0.39, 0.29) is 33.6 Å². The van der Waals surface area contributed by atoms with Crippen LogP contribution < -0.4 is 4.74 Å². The number of halogens is 7. The average molecular weight is 623 g/mol. The van der Waals surface area contributed by atoms with Gasteiger partial charge in [0.1, 0.15) is 23.2 Å². The van der Waals surface area contributed by atoms with Crippen molar-refractivity contribution in [3.05, 3.63) is 137 Å². The maximum atomic E-state index is 15.2. The van der Waals surface area contributed by atoms with E-state index in [2.05, 4.69) is 6.92 Å². The van der Waals surface area contributed by atoms with Crippen molar-refractivity contribution in [3.8, 4) is 39.1 Å². The van der Waals surface area contributed by atoms with Gasteiger partial charge in [-0.1, -0.05) is 74.4 Å². The minimum absolute atomic E-state index is 0.0252. The van der Waals surface area contributed by atoms with E-state index in [0.717, 1.165) is 49.4 Å². The lowest BCUT2D eigenvalue weighted by atomic mass is 9.96. The SMILES string of the molecule is CCCCCc1ccc(C(F)(F)Oc2ccc(-c3ccc(-c4ccc(-c5ccc(C(F)F)c(F)c5)c(F)c4)c(F)c3)cc2)cc1. The number of hydrogen-bond donors (Lipinski definition) is 0. The van der Waals surface area contributed by atoms with Gasteiger partial charge in [-0.05, 0) is 89.2 Å². The summed E-state index contributed by atoms with van der Waals surface area (Å²) in [7, 11) is 0. The van der Waals surface area contributed by atoms with E-state index in [1.807, 2.05) is 0 Å². The Bertz CT molecular complexity index is 1760. The van der Waals surface area contributed by atoms with E-state index < -0.39 is 35.5 Å². The fourth-order valence-corrected chi connectivity index (χ4v) is 5.08. The lowest BCUT2D eigenvalue weighted by molar-refractivity contribution is -0.185. The van der Waals surface area contributed by atoms with Crippen LogP contribution in [0.25, 0.3) is 33.4 Å². The summed E-state index contributed by atoms with van der Waals surface area (Å²) < 4.78 is 105. The highest BCUT2D eigenvalue weighted by Gasteiger charge is 2.34. The molecule has 0 N–H and O–H groups in total. The predicted octanol–water partition coefficient (Wildman–Crippen LogP) is 11.9. The Hall–Kier alpha value is -4.59. The van der Waals surface area contributed by atoms with Gasteiger partial charge in [-0.2, -0.15) is 8.78 Å². The zero-order chi connectivity index (χ0) is 32.1. The monoisotopic (exact) mass is 622 g/mol. The number of benzene rings is 5. The molecule has 0 heterocycles. The van der Waals surface area contributed by atoms with Crippen molar-refractivity contribution in [2.75, 3.05) is 0 Å². The molecule has 5 aromatic carbocycles. The maximum absolute atomic E-state index is 15.2. The normalized spacial score (nSPS) is 11.7. The molecule has 0 unspecified atom stereocenters. The summed E-state index contributed by atoms with van der Waals surface area (Å²) in [5, 5.41) is 0. The molecule has 0 radical (unpaired) electrons. The summed E-state index contributed by atoms with van der Waals surface area (Å²) in [6.45, 7) is 2.10. The van der Waals surface area contributed by atoms with E-state index >= 15 is 4.39 Å². The van der Waals surface area contributed by atoms with E-state index in [1.165, 1.54) is 66.7 Å². The van der Waals surface area contributed by atoms with Gasteiger partial charge in [0.25, 0.3) is 6.43 Å². The summed E-state index contributed by atoms with van der Waals surface area (Å²) in [4.78, 5) is 0. The van der Waals surface area contributed by atoms with Gasteiger partial charge in [-0.3, -0.25) is 0 Å². The van der Waals surface area contributed by atoms with Gasteiger partial charge in [0.15, 0.2) is 0 Å². The van der Waals surface area contributed by atoms with E-state index in [1.54, 1.807) is 18.2 Å². The smallest absolute Gasteiger partial charge is 0.426 e. The second-order valence-electron chi connectivity index (χ2n) is 10.7. The Labute approximate surface area is 256 Å². The molecule has 5 rings (SSSR count). The van der Waals surface area contributed by atoms with Crippen molar-refractivity contribution in [1.82, 2.24) is 0 Å². The molecule has 0 aliphatic rings. The van der Waals surface area contributed by atoms with Crippen LogP contribution in [0.1, 0.15) is 49.3 Å². The van der Waals surface area contributed by atoms with Crippen LogP contribution in [0.3, 0.4) is 0 Å². The third kappa shape index (κ3) is 7.39. The zero-order valence-corrected chi connectivity index (χ0v) is 24.3. The molecule has 0 bridgehead atoms. The molecule has 8 heteroatoms. The van der Waals surface area contributed by atoms with Gasteiger partial charge in [-0.25, -0.2) is 22.0 Å². The number of rotatable bonds is 11. The molecule has 0 aliphatic carbocycles. The van der Waals surface area contributed by atoms with Crippen LogP contribution in [-0.2, 0) is 12.5 Å². The zero-order valence-electron chi connectivity index (χ0n) is 24.3. The molecule has 1 nitrogen and oxygen atoms in total. The van der Waals surface area contributed by atoms with Crippen LogP contribution in [0.5, 0.6) is 5.75 Å². The lowest BCUT2D eigenvalue weighted by Crippen LogP contribution is -2.21. The molecule has 0 saturated carbocycles. The Morgan fingerprint density at radius 1 is 0.600 bits per heavy atom. The van der Waals surface area contributed by atoms with Crippen LogP contribution in [0, 0.1) is 17.5 Å². The molecular weight excluding hydrogens is 593 g/mol. The number of aryl methyl sites for hydroxylation is 1. The van der Waals surface area contributed by atoms with Crippen molar-refractivity contribution < 1.29 is 35.5 Å². The number of hydrogen-bond acceptors (Lipinski definition) is 1. The summed E-state index contributed by atoms with van der Waals surface area (Å²) in [5.74, 6) is -2.65. The summed E-state index contributed by atoms with van der Waals surface area (Å²) in [6.07, 6.45) is -2.56. The number of alkyl halides is 4. The van der Waals surface area contributed by atoms with Crippen molar-refractivity contribution in [1.29, 1.82) is 0 Å². The Morgan fingerprint density at radius 2 is 1.13 bits per heavy atom. The number of unbranched alkanes of at least 4 members (excludes halogenated alkanes) is 2. The minimum Gasteiger partial charge on any atom is -0.429 e.